The number of rotatable bonds is 6. The normalized spacial score (nSPS) is 10.2. The first kappa shape index (κ1) is 14.4. The Balaban J connectivity index is 2.06. The number of unbranched alkanes of at least 4 members (excludes halogenated alkanes) is 1. The average Bonchev–Trinajstić information content (AvgIpc) is 2.47. The van der Waals surface area contributed by atoms with E-state index in [-0.39, 0.29) is 4.99 Å². The van der Waals surface area contributed by atoms with Gasteiger partial charge in [0.25, 0.3) is 0 Å². The molecular formula is C15H18N4S. The van der Waals surface area contributed by atoms with E-state index < -0.39 is 0 Å². The molecule has 0 spiro atoms. The molecule has 1 heterocycles. The van der Waals surface area contributed by atoms with Crippen LogP contribution in [0.3, 0.4) is 0 Å². The quantitative estimate of drug-likeness (QED) is 0.798. The topological polar surface area (TPSA) is 63.8 Å². The monoisotopic (exact) mass is 286 g/mol. The molecule has 5 heteroatoms. The zero-order valence-electron chi connectivity index (χ0n) is 11.5. The van der Waals surface area contributed by atoms with Gasteiger partial charge >= 0.3 is 0 Å². The molecule has 3 N–H and O–H groups in total. The molecule has 0 unspecified atom stereocenters. The van der Waals surface area contributed by atoms with Crippen LogP contribution in [0.1, 0.15) is 31.0 Å². The maximum absolute atomic E-state index is 5.56. The largest absolute Gasteiger partial charge is 0.388 e. The van der Waals surface area contributed by atoms with E-state index in [1.54, 1.807) is 12.3 Å². The van der Waals surface area contributed by atoms with Gasteiger partial charge in [-0.1, -0.05) is 37.7 Å². The molecule has 0 amide bonds. The Morgan fingerprint density at radius 1 is 1.25 bits per heavy atom. The van der Waals surface area contributed by atoms with Crippen molar-refractivity contribution < 1.29 is 0 Å². The number of anilines is 2. The van der Waals surface area contributed by atoms with Gasteiger partial charge in [0.05, 0.1) is 0 Å². The highest BCUT2D eigenvalue weighted by atomic mass is 32.1. The van der Waals surface area contributed by atoms with Crippen LogP contribution in [0.4, 0.5) is 11.6 Å². The summed E-state index contributed by atoms with van der Waals surface area (Å²) in [5.41, 5.74) is 8.41. The maximum Gasteiger partial charge on any atom is 0.227 e. The van der Waals surface area contributed by atoms with Gasteiger partial charge in [-0.3, -0.25) is 0 Å². The molecule has 2 rings (SSSR count). The second-order valence-electron chi connectivity index (χ2n) is 4.56. The highest BCUT2D eigenvalue weighted by molar-refractivity contribution is 7.80. The molecule has 0 fully saturated rings. The Bertz CT molecular complexity index is 581. The molecule has 1 aromatic heterocycles. The van der Waals surface area contributed by atoms with Crippen LogP contribution in [0.25, 0.3) is 0 Å². The van der Waals surface area contributed by atoms with E-state index in [2.05, 4.69) is 34.3 Å². The van der Waals surface area contributed by atoms with E-state index in [9.17, 15) is 0 Å². The van der Waals surface area contributed by atoms with Crippen molar-refractivity contribution in [2.24, 2.45) is 5.73 Å². The molecule has 0 radical (unpaired) electrons. The molecule has 4 nitrogen and oxygen atoms in total. The number of aryl methyl sites for hydroxylation is 1. The summed E-state index contributed by atoms with van der Waals surface area (Å²) >= 11 is 4.90. The van der Waals surface area contributed by atoms with Gasteiger partial charge in [-0.25, -0.2) is 9.97 Å². The first-order valence-electron chi connectivity index (χ1n) is 6.68. The van der Waals surface area contributed by atoms with Crippen LogP contribution in [0.5, 0.6) is 0 Å². The Hall–Kier alpha value is -2.01. The van der Waals surface area contributed by atoms with E-state index in [0.29, 0.717) is 11.6 Å². The predicted molar refractivity (Wildman–Crippen MR) is 86.3 cm³/mol. The minimum atomic E-state index is 0.269. The number of nitrogens with two attached hydrogens (primary N) is 1. The third-order valence-electron chi connectivity index (χ3n) is 2.94. The summed E-state index contributed by atoms with van der Waals surface area (Å²) < 4.78 is 0. The van der Waals surface area contributed by atoms with Crippen LogP contribution in [0.2, 0.25) is 0 Å². The standard InChI is InChI=1S/C15H18N4S/c1-2-3-4-11-5-7-12(8-6-11)18-15-17-10-9-13(19-15)14(16)20/h5-10H,2-4H2,1H3,(H2,16,20)(H,17,18,19). The lowest BCUT2D eigenvalue weighted by atomic mass is 10.1. The first-order chi connectivity index (χ1) is 9.69. The van der Waals surface area contributed by atoms with Crippen molar-refractivity contribution >= 4 is 28.8 Å². The highest BCUT2D eigenvalue weighted by Gasteiger charge is 2.02. The van der Waals surface area contributed by atoms with Gasteiger partial charge in [-0.15, -0.1) is 0 Å². The predicted octanol–water partition coefficient (Wildman–Crippen LogP) is 3.20. The summed E-state index contributed by atoms with van der Waals surface area (Å²) in [5, 5.41) is 3.15. The fraction of sp³-hybridized carbons (Fsp3) is 0.267. The van der Waals surface area contributed by atoms with Gasteiger partial charge in [0.1, 0.15) is 10.7 Å². The number of hydrogen-bond acceptors (Lipinski definition) is 4. The maximum atomic E-state index is 5.56. The van der Waals surface area contributed by atoms with Gasteiger partial charge in [0, 0.05) is 11.9 Å². The van der Waals surface area contributed by atoms with Crippen molar-refractivity contribution in [3.63, 3.8) is 0 Å². The number of aromatic nitrogens is 2. The summed E-state index contributed by atoms with van der Waals surface area (Å²) in [6.07, 6.45) is 5.18. The van der Waals surface area contributed by atoms with Crippen molar-refractivity contribution in [1.82, 2.24) is 9.97 Å². The molecule has 104 valence electrons. The molecule has 1 aromatic carbocycles. The summed E-state index contributed by atoms with van der Waals surface area (Å²) in [4.78, 5) is 8.67. The van der Waals surface area contributed by atoms with Crippen LogP contribution < -0.4 is 11.1 Å². The Labute approximate surface area is 124 Å². The fourth-order valence-electron chi connectivity index (χ4n) is 1.82. The van der Waals surface area contributed by atoms with E-state index in [0.717, 1.165) is 12.1 Å². The molecule has 0 bridgehead atoms. The summed E-state index contributed by atoms with van der Waals surface area (Å²) in [5.74, 6) is 0.497. The third-order valence-corrected chi connectivity index (χ3v) is 3.15. The van der Waals surface area contributed by atoms with Crippen molar-refractivity contribution in [2.75, 3.05) is 5.32 Å². The summed E-state index contributed by atoms with van der Waals surface area (Å²) in [6.45, 7) is 2.20. The number of nitrogens with zero attached hydrogens (tertiary/aromatic N) is 2. The lowest BCUT2D eigenvalue weighted by Crippen LogP contribution is -2.12. The highest BCUT2D eigenvalue weighted by Crippen LogP contribution is 2.15. The summed E-state index contributed by atoms with van der Waals surface area (Å²) in [6, 6.07) is 10.00. The Morgan fingerprint density at radius 3 is 2.65 bits per heavy atom. The molecule has 0 aliphatic rings. The van der Waals surface area contributed by atoms with E-state index in [1.165, 1.54) is 18.4 Å². The SMILES string of the molecule is CCCCc1ccc(Nc2nccc(C(N)=S)n2)cc1. The van der Waals surface area contributed by atoms with Gasteiger partial charge in [0.2, 0.25) is 5.95 Å². The first-order valence-corrected chi connectivity index (χ1v) is 7.08. The van der Waals surface area contributed by atoms with E-state index >= 15 is 0 Å². The zero-order chi connectivity index (χ0) is 14.4. The number of thiocarbonyl (C=S) groups is 1. The molecule has 0 atom stereocenters. The van der Waals surface area contributed by atoms with Crippen LogP contribution in [0.15, 0.2) is 36.5 Å². The fourth-order valence-corrected chi connectivity index (χ4v) is 1.93. The van der Waals surface area contributed by atoms with E-state index in [4.69, 9.17) is 18.0 Å². The Morgan fingerprint density at radius 2 is 2.00 bits per heavy atom. The van der Waals surface area contributed by atoms with Crippen molar-refractivity contribution in [3.8, 4) is 0 Å². The number of nitrogens with one attached hydrogen (secondary N) is 1. The van der Waals surface area contributed by atoms with Crippen LogP contribution in [-0.2, 0) is 6.42 Å². The lowest BCUT2D eigenvalue weighted by molar-refractivity contribution is 0.795. The van der Waals surface area contributed by atoms with Gasteiger partial charge in [-0.2, -0.15) is 0 Å². The van der Waals surface area contributed by atoms with Gasteiger partial charge in [-0.05, 0) is 36.6 Å². The minimum absolute atomic E-state index is 0.269. The van der Waals surface area contributed by atoms with Gasteiger partial charge < -0.3 is 11.1 Å². The molecule has 0 aliphatic carbocycles. The second kappa shape index (κ2) is 6.96. The molecule has 20 heavy (non-hydrogen) atoms. The molecule has 2 aromatic rings. The van der Waals surface area contributed by atoms with Crippen molar-refractivity contribution in [2.45, 2.75) is 26.2 Å². The smallest absolute Gasteiger partial charge is 0.227 e. The molecule has 0 saturated heterocycles. The van der Waals surface area contributed by atoms with Crippen LogP contribution >= 0.6 is 12.2 Å². The third kappa shape index (κ3) is 3.99. The summed E-state index contributed by atoms with van der Waals surface area (Å²) in [7, 11) is 0. The molecule has 0 aliphatic heterocycles. The number of hydrogen-bond donors (Lipinski definition) is 2. The number of benzene rings is 1. The average molecular weight is 286 g/mol. The molecular weight excluding hydrogens is 268 g/mol. The van der Waals surface area contributed by atoms with Crippen molar-refractivity contribution in [1.29, 1.82) is 0 Å². The van der Waals surface area contributed by atoms with Gasteiger partial charge in [0.15, 0.2) is 0 Å². The molecule has 0 saturated carbocycles. The minimum Gasteiger partial charge on any atom is -0.388 e. The van der Waals surface area contributed by atoms with Crippen LogP contribution in [-0.4, -0.2) is 15.0 Å². The van der Waals surface area contributed by atoms with Crippen molar-refractivity contribution in [3.05, 3.63) is 47.8 Å². The van der Waals surface area contributed by atoms with Crippen LogP contribution in [0, 0.1) is 0 Å². The lowest BCUT2D eigenvalue weighted by Gasteiger charge is -2.07. The second-order valence-corrected chi connectivity index (χ2v) is 5.00. The zero-order valence-corrected chi connectivity index (χ0v) is 12.3. The van der Waals surface area contributed by atoms with E-state index in [1.807, 2.05) is 12.1 Å². The Kier molecular flexibility index (Phi) is 5.01.